The number of rotatable bonds is 7. The van der Waals surface area contributed by atoms with Gasteiger partial charge in [-0.05, 0) is 32.1 Å². The van der Waals surface area contributed by atoms with Crippen molar-refractivity contribution in [3.05, 3.63) is 0 Å². The molecule has 1 rings (SSSR count). The van der Waals surface area contributed by atoms with Gasteiger partial charge >= 0.3 is 16.3 Å². The lowest BCUT2D eigenvalue weighted by molar-refractivity contribution is 0.0245. The Hall–Kier alpha value is -0.900. The molecule has 0 aromatic heterocycles. The Balaban J connectivity index is 2.08. The number of carbonyl (C=O) groups is 1. The van der Waals surface area contributed by atoms with Crippen LogP contribution >= 0.6 is 0 Å². The van der Waals surface area contributed by atoms with E-state index in [4.69, 9.17) is 10.5 Å². The summed E-state index contributed by atoms with van der Waals surface area (Å²) in [5.74, 6) is 0. The number of ether oxygens (including phenoxy) is 2. The molecule has 0 saturated heterocycles. The standard InChI is InChI=1S/C11H23N3O5S/c1-18-11(15)14-20(16,17)13-7-2-8-19-10-5-3-9(12)4-6-10/h9-10,13H,2-8,12H2,1H3,(H,14,15). The molecule has 4 N–H and O–H groups in total. The molecular formula is C11H23N3O5S. The first kappa shape index (κ1) is 17.2. The highest BCUT2D eigenvalue weighted by Gasteiger charge is 2.18. The average Bonchev–Trinajstić information content (AvgIpc) is 2.39. The van der Waals surface area contributed by atoms with Crippen LogP contribution in [0.25, 0.3) is 0 Å². The highest BCUT2D eigenvalue weighted by Crippen LogP contribution is 2.19. The summed E-state index contributed by atoms with van der Waals surface area (Å²) in [5, 5.41) is 0. The van der Waals surface area contributed by atoms with Crippen molar-refractivity contribution in [1.29, 1.82) is 0 Å². The molecular weight excluding hydrogens is 286 g/mol. The van der Waals surface area contributed by atoms with E-state index in [1.807, 2.05) is 0 Å². The lowest BCUT2D eigenvalue weighted by Gasteiger charge is -2.26. The molecule has 0 radical (unpaired) electrons. The molecule has 0 aromatic rings. The van der Waals surface area contributed by atoms with Gasteiger partial charge in [0.05, 0.1) is 13.2 Å². The summed E-state index contributed by atoms with van der Waals surface area (Å²) < 4.78 is 36.4. The van der Waals surface area contributed by atoms with Crippen LogP contribution in [-0.2, 0) is 19.7 Å². The first-order chi connectivity index (χ1) is 9.43. The maximum Gasteiger partial charge on any atom is 0.421 e. The minimum absolute atomic E-state index is 0.193. The van der Waals surface area contributed by atoms with E-state index in [0.29, 0.717) is 13.0 Å². The second-order valence-corrected chi connectivity index (χ2v) is 6.25. The van der Waals surface area contributed by atoms with Crippen LogP contribution in [0.4, 0.5) is 4.79 Å². The molecule has 1 saturated carbocycles. The van der Waals surface area contributed by atoms with E-state index in [0.717, 1.165) is 32.8 Å². The van der Waals surface area contributed by atoms with Crippen molar-refractivity contribution in [2.45, 2.75) is 44.2 Å². The summed E-state index contributed by atoms with van der Waals surface area (Å²) in [5.41, 5.74) is 5.80. The van der Waals surface area contributed by atoms with Gasteiger partial charge in [0.2, 0.25) is 0 Å². The van der Waals surface area contributed by atoms with E-state index in [1.54, 1.807) is 4.72 Å². The average molecular weight is 309 g/mol. The Morgan fingerprint density at radius 1 is 1.30 bits per heavy atom. The third-order valence-electron chi connectivity index (χ3n) is 3.09. The van der Waals surface area contributed by atoms with E-state index in [1.165, 1.54) is 0 Å². The molecule has 0 aromatic carbocycles. The summed E-state index contributed by atoms with van der Waals surface area (Å²) in [4.78, 5) is 10.8. The van der Waals surface area contributed by atoms with Crippen LogP contribution in [0, 0.1) is 0 Å². The molecule has 0 aliphatic heterocycles. The topological polar surface area (TPSA) is 120 Å². The lowest BCUT2D eigenvalue weighted by Crippen LogP contribution is -2.40. The summed E-state index contributed by atoms with van der Waals surface area (Å²) in [6.45, 7) is 0.666. The third-order valence-corrected chi connectivity index (χ3v) is 4.11. The van der Waals surface area contributed by atoms with Crippen molar-refractivity contribution in [1.82, 2.24) is 9.44 Å². The fourth-order valence-electron chi connectivity index (χ4n) is 1.97. The molecule has 0 heterocycles. The number of hydrogen-bond donors (Lipinski definition) is 3. The molecule has 1 fully saturated rings. The fraction of sp³-hybridized carbons (Fsp3) is 0.909. The fourth-order valence-corrected chi connectivity index (χ4v) is 2.76. The number of carbonyl (C=O) groups excluding carboxylic acids is 1. The first-order valence-corrected chi connectivity index (χ1v) is 8.14. The molecule has 0 atom stereocenters. The highest BCUT2D eigenvalue weighted by atomic mass is 32.2. The van der Waals surface area contributed by atoms with Gasteiger partial charge in [0.25, 0.3) is 0 Å². The molecule has 0 spiro atoms. The number of amides is 1. The van der Waals surface area contributed by atoms with E-state index in [9.17, 15) is 13.2 Å². The number of methoxy groups -OCH3 is 1. The Morgan fingerprint density at radius 2 is 1.95 bits per heavy atom. The maximum absolute atomic E-state index is 11.3. The smallest absolute Gasteiger partial charge is 0.421 e. The SMILES string of the molecule is COC(=O)NS(=O)(=O)NCCCOC1CCC(N)CC1. The van der Waals surface area contributed by atoms with Crippen molar-refractivity contribution < 1.29 is 22.7 Å². The largest absolute Gasteiger partial charge is 0.452 e. The summed E-state index contributed by atoms with van der Waals surface area (Å²) in [7, 11) is -2.76. The van der Waals surface area contributed by atoms with Crippen LogP contribution in [0.2, 0.25) is 0 Å². The van der Waals surface area contributed by atoms with Crippen LogP contribution < -0.4 is 15.2 Å². The van der Waals surface area contributed by atoms with Gasteiger partial charge in [-0.2, -0.15) is 13.1 Å². The zero-order chi connectivity index (χ0) is 15.0. The Kier molecular flexibility index (Phi) is 7.20. The van der Waals surface area contributed by atoms with Crippen molar-refractivity contribution in [3.63, 3.8) is 0 Å². The van der Waals surface area contributed by atoms with Gasteiger partial charge in [-0.25, -0.2) is 9.52 Å². The highest BCUT2D eigenvalue weighted by molar-refractivity contribution is 7.88. The Bertz CT molecular complexity index is 393. The van der Waals surface area contributed by atoms with Gasteiger partial charge in [-0.1, -0.05) is 0 Å². The summed E-state index contributed by atoms with van der Waals surface area (Å²) in [6, 6.07) is 0.283. The van der Waals surface area contributed by atoms with Gasteiger partial charge < -0.3 is 15.2 Å². The number of nitrogens with two attached hydrogens (primary N) is 1. The number of nitrogens with one attached hydrogen (secondary N) is 2. The normalized spacial score (nSPS) is 23.3. The third kappa shape index (κ3) is 7.04. The lowest BCUT2D eigenvalue weighted by atomic mass is 9.94. The van der Waals surface area contributed by atoms with Gasteiger partial charge in [-0.3, -0.25) is 0 Å². The van der Waals surface area contributed by atoms with E-state index >= 15 is 0 Å². The van der Waals surface area contributed by atoms with Crippen molar-refractivity contribution >= 4 is 16.3 Å². The first-order valence-electron chi connectivity index (χ1n) is 6.65. The second kappa shape index (κ2) is 8.40. The predicted octanol–water partition coefficient (Wildman–Crippen LogP) is -0.147. The molecule has 9 heteroatoms. The molecule has 1 amide bonds. The van der Waals surface area contributed by atoms with Crippen LogP contribution in [-0.4, -0.2) is 46.9 Å². The quantitative estimate of drug-likeness (QED) is 0.563. The molecule has 8 nitrogen and oxygen atoms in total. The zero-order valence-corrected chi connectivity index (χ0v) is 12.4. The minimum atomic E-state index is -3.85. The summed E-state index contributed by atoms with van der Waals surface area (Å²) in [6.07, 6.45) is 3.59. The molecule has 20 heavy (non-hydrogen) atoms. The van der Waals surface area contributed by atoms with Crippen molar-refractivity contribution in [3.8, 4) is 0 Å². The number of hydrogen-bond acceptors (Lipinski definition) is 6. The second-order valence-electron chi connectivity index (χ2n) is 4.75. The van der Waals surface area contributed by atoms with Gasteiger partial charge in [0.1, 0.15) is 0 Å². The van der Waals surface area contributed by atoms with E-state index in [2.05, 4.69) is 9.46 Å². The molecule has 0 unspecified atom stereocenters. The molecule has 0 bridgehead atoms. The Labute approximate surface area is 119 Å². The summed E-state index contributed by atoms with van der Waals surface area (Å²) >= 11 is 0. The van der Waals surface area contributed by atoms with Gasteiger partial charge in [-0.15, -0.1) is 0 Å². The van der Waals surface area contributed by atoms with Gasteiger partial charge in [0, 0.05) is 19.2 Å². The van der Waals surface area contributed by atoms with Crippen LogP contribution in [0.1, 0.15) is 32.1 Å². The Morgan fingerprint density at radius 3 is 2.55 bits per heavy atom. The van der Waals surface area contributed by atoms with Crippen LogP contribution in [0.15, 0.2) is 0 Å². The predicted molar refractivity (Wildman–Crippen MR) is 73.3 cm³/mol. The van der Waals surface area contributed by atoms with Crippen LogP contribution in [0.5, 0.6) is 0 Å². The molecule has 118 valence electrons. The molecule has 1 aliphatic carbocycles. The zero-order valence-electron chi connectivity index (χ0n) is 11.6. The van der Waals surface area contributed by atoms with E-state index < -0.39 is 16.3 Å². The van der Waals surface area contributed by atoms with Crippen LogP contribution in [0.3, 0.4) is 0 Å². The van der Waals surface area contributed by atoms with E-state index in [-0.39, 0.29) is 18.7 Å². The monoisotopic (exact) mass is 309 g/mol. The van der Waals surface area contributed by atoms with Crippen molar-refractivity contribution in [2.75, 3.05) is 20.3 Å². The maximum atomic E-state index is 11.3. The molecule has 1 aliphatic rings. The van der Waals surface area contributed by atoms with Gasteiger partial charge in [0.15, 0.2) is 0 Å². The minimum Gasteiger partial charge on any atom is -0.452 e. The van der Waals surface area contributed by atoms with Crippen molar-refractivity contribution in [2.24, 2.45) is 5.73 Å².